The number of benzene rings is 1. The number of nitrogens with zero attached hydrogens (tertiary/aromatic N) is 2. The van der Waals surface area contributed by atoms with Crippen molar-refractivity contribution in [2.24, 2.45) is 5.10 Å². The average molecular weight is 359 g/mol. The van der Waals surface area contributed by atoms with E-state index in [2.05, 4.69) is 5.10 Å². The zero-order valence-electron chi connectivity index (χ0n) is 11.5. The zero-order chi connectivity index (χ0) is 15.9. The Morgan fingerprint density at radius 1 is 1.36 bits per heavy atom. The standard InChI is InChI=1S/C14H12ClFN2O2S2/c1-22(19,20)18-12(14-9(15)4-2-5-10(14)16)8-11(17-18)13-6-3-7-21-13/h2-7,12H,8H2,1H3/t12-/m0/s1. The lowest BCUT2D eigenvalue weighted by molar-refractivity contribution is 0.365. The highest BCUT2D eigenvalue weighted by atomic mass is 35.5. The van der Waals surface area contributed by atoms with Crippen molar-refractivity contribution < 1.29 is 12.8 Å². The van der Waals surface area contributed by atoms with Gasteiger partial charge in [-0.25, -0.2) is 12.8 Å². The first-order chi connectivity index (χ1) is 10.4. The third-order valence-corrected chi connectivity index (χ3v) is 5.62. The largest absolute Gasteiger partial charge is 0.247 e. The maximum absolute atomic E-state index is 14.2. The Balaban J connectivity index is 2.09. The maximum atomic E-state index is 14.2. The molecule has 1 aromatic heterocycles. The van der Waals surface area contributed by atoms with E-state index in [1.165, 1.54) is 23.5 Å². The summed E-state index contributed by atoms with van der Waals surface area (Å²) in [6.07, 6.45) is 1.34. The van der Waals surface area contributed by atoms with Gasteiger partial charge in [0, 0.05) is 17.0 Å². The van der Waals surface area contributed by atoms with Gasteiger partial charge in [0.05, 0.1) is 22.9 Å². The van der Waals surface area contributed by atoms with Crippen LogP contribution in [0.5, 0.6) is 0 Å². The Labute approximate surface area is 136 Å². The smallest absolute Gasteiger partial charge is 0.207 e. The van der Waals surface area contributed by atoms with Crippen LogP contribution >= 0.6 is 22.9 Å². The van der Waals surface area contributed by atoms with Crippen LogP contribution in [0.3, 0.4) is 0 Å². The second-order valence-corrected chi connectivity index (χ2v) is 8.11. The predicted octanol–water partition coefficient (Wildman–Crippen LogP) is 3.65. The van der Waals surface area contributed by atoms with Crippen LogP contribution in [-0.2, 0) is 10.0 Å². The fourth-order valence-corrected chi connectivity index (χ4v) is 4.33. The first-order valence-corrected chi connectivity index (χ1v) is 9.53. The van der Waals surface area contributed by atoms with Gasteiger partial charge in [0.15, 0.2) is 0 Å². The first-order valence-electron chi connectivity index (χ1n) is 6.42. The lowest BCUT2D eigenvalue weighted by Crippen LogP contribution is -2.26. The van der Waals surface area contributed by atoms with Crippen LogP contribution in [0.1, 0.15) is 22.9 Å². The van der Waals surface area contributed by atoms with Gasteiger partial charge in [-0.2, -0.15) is 9.52 Å². The van der Waals surface area contributed by atoms with Crippen molar-refractivity contribution in [2.45, 2.75) is 12.5 Å². The summed E-state index contributed by atoms with van der Waals surface area (Å²) in [5.41, 5.74) is 0.773. The SMILES string of the molecule is CS(=O)(=O)N1N=C(c2cccs2)C[C@H]1c1c(F)cccc1Cl. The van der Waals surface area contributed by atoms with Gasteiger partial charge in [-0.1, -0.05) is 23.7 Å². The molecule has 0 radical (unpaired) electrons. The lowest BCUT2D eigenvalue weighted by Gasteiger charge is -2.22. The molecular formula is C14H12ClFN2O2S2. The summed E-state index contributed by atoms with van der Waals surface area (Å²) >= 11 is 7.55. The van der Waals surface area contributed by atoms with Crippen LogP contribution in [-0.4, -0.2) is 24.8 Å². The van der Waals surface area contributed by atoms with Crippen molar-refractivity contribution >= 4 is 38.7 Å². The van der Waals surface area contributed by atoms with Crippen LogP contribution in [0.2, 0.25) is 5.02 Å². The molecule has 8 heteroatoms. The fraction of sp³-hybridized carbons (Fsp3) is 0.214. The fourth-order valence-electron chi connectivity index (χ4n) is 2.43. The molecule has 0 amide bonds. The third kappa shape index (κ3) is 2.76. The van der Waals surface area contributed by atoms with Gasteiger partial charge >= 0.3 is 0 Å². The Hall–Kier alpha value is -1.44. The molecule has 0 unspecified atom stereocenters. The topological polar surface area (TPSA) is 49.7 Å². The molecule has 2 aromatic rings. The Kier molecular flexibility index (Phi) is 3.96. The summed E-state index contributed by atoms with van der Waals surface area (Å²) < 4.78 is 39.2. The molecule has 1 atom stereocenters. The molecule has 0 fully saturated rings. The number of halogens is 2. The van der Waals surface area contributed by atoms with Crippen molar-refractivity contribution in [3.63, 3.8) is 0 Å². The summed E-state index contributed by atoms with van der Waals surface area (Å²) in [6.45, 7) is 0. The quantitative estimate of drug-likeness (QED) is 0.840. The molecule has 1 aromatic carbocycles. The van der Waals surface area contributed by atoms with Crippen LogP contribution in [0.4, 0.5) is 4.39 Å². The van der Waals surface area contributed by atoms with E-state index in [0.29, 0.717) is 5.71 Å². The van der Waals surface area contributed by atoms with Gasteiger partial charge in [0.25, 0.3) is 0 Å². The number of thiophene rings is 1. The second-order valence-electron chi connectivity index (χ2n) is 4.91. The minimum Gasteiger partial charge on any atom is -0.207 e. The van der Waals surface area contributed by atoms with Crippen molar-refractivity contribution in [2.75, 3.05) is 6.26 Å². The highest BCUT2D eigenvalue weighted by molar-refractivity contribution is 7.88. The normalized spacial score (nSPS) is 18.6. The number of rotatable bonds is 3. The average Bonchev–Trinajstić information content (AvgIpc) is 3.06. The van der Waals surface area contributed by atoms with Gasteiger partial charge in [0.2, 0.25) is 10.0 Å². The monoisotopic (exact) mass is 358 g/mol. The van der Waals surface area contributed by atoms with Gasteiger partial charge in [0.1, 0.15) is 5.82 Å². The van der Waals surface area contributed by atoms with E-state index in [1.807, 2.05) is 17.5 Å². The molecule has 116 valence electrons. The van der Waals surface area contributed by atoms with Crippen molar-refractivity contribution in [1.29, 1.82) is 0 Å². The zero-order valence-corrected chi connectivity index (χ0v) is 13.9. The molecule has 1 aliphatic heterocycles. The molecule has 2 heterocycles. The molecule has 0 spiro atoms. The van der Waals surface area contributed by atoms with Crippen LogP contribution in [0, 0.1) is 5.82 Å². The Morgan fingerprint density at radius 3 is 2.73 bits per heavy atom. The predicted molar refractivity (Wildman–Crippen MR) is 86.3 cm³/mol. The third-order valence-electron chi connectivity index (χ3n) is 3.35. The molecule has 0 saturated heterocycles. The van der Waals surface area contributed by atoms with Gasteiger partial charge in [-0.05, 0) is 23.6 Å². The molecule has 0 aliphatic carbocycles. The molecule has 0 bridgehead atoms. The maximum Gasteiger partial charge on any atom is 0.247 e. The van der Waals surface area contributed by atoms with Crippen LogP contribution < -0.4 is 0 Å². The molecule has 0 N–H and O–H groups in total. The number of hydrazone groups is 1. The summed E-state index contributed by atoms with van der Waals surface area (Å²) in [6, 6.07) is 7.25. The number of hydrogen-bond acceptors (Lipinski definition) is 4. The first kappa shape index (κ1) is 15.5. The Bertz CT molecular complexity index is 814. The van der Waals surface area contributed by atoms with Crippen molar-refractivity contribution in [3.8, 4) is 0 Å². The summed E-state index contributed by atoms with van der Waals surface area (Å²) in [4.78, 5) is 0.864. The summed E-state index contributed by atoms with van der Waals surface area (Å²) in [5.74, 6) is -0.534. The van der Waals surface area contributed by atoms with E-state index in [4.69, 9.17) is 11.6 Å². The van der Waals surface area contributed by atoms with E-state index < -0.39 is 21.9 Å². The van der Waals surface area contributed by atoms with Crippen LogP contribution in [0.15, 0.2) is 40.8 Å². The number of sulfonamides is 1. The van der Waals surface area contributed by atoms with Crippen LogP contribution in [0.25, 0.3) is 0 Å². The summed E-state index contributed by atoms with van der Waals surface area (Å²) in [7, 11) is -3.63. The van der Waals surface area contributed by atoms with E-state index >= 15 is 0 Å². The minimum atomic E-state index is -3.63. The van der Waals surface area contributed by atoms with Gasteiger partial charge in [-0.3, -0.25) is 0 Å². The van der Waals surface area contributed by atoms with E-state index in [1.54, 1.807) is 6.07 Å². The van der Waals surface area contributed by atoms with Crippen molar-refractivity contribution in [3.05, 3.63) is 57.0 Å². The minimum absolute atomic E-state index is 0.157. The molecule has 1 aliphatic rings. The summed E-state index contributed by atoms with van der Waals surface area (Å²) in [5, 5.41) is 6.27. The molecule has 22 heavy (non-hydrogen) atoms. The highest BCUT2D eigenvalue weighted by Crippen LogP contribution is 2.39. The van der Waals surface area contributed by atoms with E-state index in [9.17, 15) is 12.8 Å². The lowest BCUT2D eigenvalue weighted by atomic mass is 10.0. The second kappa shape index (κ2) is 5.64. The van der Waals surface area contributed by atoms with Gasteiger partial charge in [-0.15, -0.1) is 11.3 Å². The van der Waals surface area contributed by atoms with Gasteiger partial charge < -0.3 is 0 Å². The molecule has 3 rings (SSSR count). The molecule has 4 nitrogen and oxygen atoms in total. The van der Waals surface area contributed by atoms with Crippen molar-refractivity contribution in [1.82, 2.24) is 4.41 Å². The highest BCUT2D eigenvalue weighted by Gasteiger charge is 2.37. The molecular weight excluding hydrogens is 347 g/mol. The van der Waals surface area contributed by atoms with E-state index in [0.717, 1.165) is 15.5 Å². The Morgan fingerprint density at radius 2 is 2.14 bits per heavy atom. The number of hydrogen-bond donors (Lipinski definition) is 0. The molecule has 0 saturated carbocycles. The van der Waals surface area contributed by atoms with E-state index in [-0.39, 0.29) is 17.0 Å².